The summed E-state index contributed by atoms with van der Waals surface area (Å²) in [6.45, 7) is 0.272. The van der Waals surface area contributed by atoms with Crippen molar-refractivity contribution in [1.82, 2.24) is 20.0 Å². The Labute approximate surface area is 209 Å². The van der Waals surface area contributed by atoms with Crippen LogP contribution in [0.3, 0.4) is 0 Å². The number of hydrogen-bond donors (Lipinski definition) is 0. The van der Waals surface area contributed by atoms with Crippen molar-refractivity contribution in [2.75, 3.05) is 25.0 Å². The lowest BCUT2D eigenvalue weighted by Gasteiger charge is -2.25. The van der Waals surface area contributed by atoms with E-state index in [0.29, 0.717) is 37.2 Å². The minimum Gasteiger partial charge on any atom is -0.363 e. The number of hydrogen-bond acceptors (Lipinski definition) is 8. The van der Waals surface area contributed by atoms with Crippen molar-refractivity contribution >= 4 is 24.4 Å². The first-order valence-corrected chi connectivity index (χ1v) is 11.9. The maximum Gasteiger partial charge on any atom is 0.265 e. The average Bonchev–Trinajstić information content (AvgIpc) is 3.07. The van der Waals surface area contributed by atoms with Gasteiger partial charge in [-0.25, -0.2) is 18.7 Å². The predicted octanol–water partition coefficient (Wildman–Crippen LogP) is 4.13. The number of hydrazone groups is 2. The van der Waals surface area contributed by atoms with Gasteiger partial charge in [0.15, 0.2) is 5.82 Å². The van der Waals surface area contributed by atoms with Gasteiger partial charge in [-0.1, -0.05) is 18.2 Å². The maximum absolute atomic E-state index is 14.0. The SMILES string of the molecule is CN1C=CC(N(/C=C\C=O)/N=C/Cc2cccc(-c3ncc(N4CCCCC(F)(F)C4)cn3)c2)C=N1. The summed E-state index contributed by atoms with van der Waals surface area (Å²) in [7, 11) is 1.83. The molecule has 1 unspecified atom stereocenters. The number of halogens is 2. The van der Waals surface area contributed by atoms with Crippen LogP contribution in [0.2, 0.25) is 0 Å². The smallest absolute Gasteiger partial charge is 0.265 e. The molecule has 2 aliphatic heterocycles. The highest BCUT2D eigenvalue weighted by Crippen LogP contribution is 2.29. The fourth-order valence-electron chi connectivity index (χ4n) is 4.02. The van der Waals surface area contributed by atoms with Gasteiger partial charge >= 0.3 is 0 Å². The van der Waals surface area contributed by atoms with Gasteiger partial charge in [0.25, 0.3) is 5.92 Å². The lowest BCUT2D eigenvalue weighted by molar-refractivity contribution is -0.104. The molecule has 1 atom stereocenters. The summed E-state index contributed by atoms with van der Waals surface area (Å²) in [5, 5.41) is 12.1. The fourth-order valence-corrected chi connectivity index (χ4v) is 4.02. The molecule has 0 bridgehead atoms. The van der Waals surface area contributed by atoms with Crippen LogP contribution in [-0.4, -0.2) is 70.8 Å². The van der Waals surface area contributed by atoms with Crippen LogP contribution in [0.5, 0.6) is 0 Å². The number of alkyl halides is 2. The molecule has 0 spiro atoms. The Balaban J connectivity index is 1.43. The topological polar surface area (TPSA) is 77.3 Å². The van der Waals surface area contributed by atoms with E-state index in [1.54, 1.807) is 45.9 Å². The van der Waals surface area contributed by atoms with Gasteiger partial charge in [0.2, 0.25) is 0 Å². The van der Waals surface area contributed by atoms with E-state index in [-0.39, 0.29) is 19.0 Å². The van der Waals surface area contributed by atoms with Gasteiger partial charge < -0.3 is 4.90 Å². The van der Waals surface area contributed by atoms with Crippen LogP contribution in [0.25, 0.3) is 11.4 Å². The zero-order chi connectivity index (χ0) is 25.4. The van der Waals surface area contributed by atoms with Crippen molar-refractivity contribution in [3.8, 4) is 11.4 Å². The van der Waals surface area contributed by atoms with E-state index >= 15 is 0 Å². The third-order valence-electron chi connectivity index (χ3n) is 5.90. The van der Waals surface area contributed by atoms with Crippen LogP contribution in [0, 0.1) is 0 Å². The number of nitrogens with zero attached hydrogens (tertiary/aromatic N) is 7. The number of rotatable bonds is 8. The van der Waals surface area contributed by atoms with E-state index in [4.69, 9.17) is 0 Å². The van der Waals surface area contributed by atoms with E-state index in [2.05, 4.69) is 20.2 Å². The Kier molecular flexibility index (Phi) is 8.14. The van der Waals surface area contributed by atoms with E-state index in [0.717, 1.165) is 17.5 Å². The average molecular weight is 494 g/mol. The molecule has 0 amide bonds. The fraction of sp³-hybridized carbons (Fsp3) is 0.346. The molecule has 2 aromatic rings. The lowest BCUT2D eigenvalue weighted by Crippen LogP contribution is -2.35. The second-order valence-electron chi connectivity index (χ2n) is 8.73. The summed E-state index contributed by atoms with van der Waals surface area (Å²) in [6.07, 6.45) is 15.9. The Bertz CT molecular complexity index is 1130. The van der Waals surface area contributed by atoms with Crippen molar-refractivity contribution < 1.29 is 13.6 Å². The first kappa shape index (κ1) is 25.2. The first-order valence-electron chi connectivity index (χ1n) is 11.9. The van der Waals surface area contributed by atoms with E-state index in [1.165, 1.54) is 6.08 Å². The Morgan fingerprint density at radius 1 is 1.25 bits per heavy atom. The van der Waals surface area contributed by atoms with Crippen molar-refractivity contribution in [3.63, 3.8) is 0 Å². The van der Waals surface area contributed by atoms with Gasteiger partial charge in [0.1, 0.15) is 12.3 Å². The quantitative estimate of drug-likeness (QED) is 0.238. The normalized spacial score (nSPS) is 19.7. The van der Waals surface area contributed by atoms with Gasteiger partial charge in [-0.15, -0.1) is 0 Å². The maximum atomic E-state index is 14.0. The largest absolute Gasteiger partial charge is 0.363 e. The minimum absolute atomic E-state index is 0.0774. The van der Waals surface area contributed by atoms with Gasteiger partial charge in [-0.2, -0.15) is 10.2 Å². The first-order chi connectivity index (χ1) is 17.4. The van der Waals surface area contributed by atoms with E-state index in [9.17, 15) is 13.6 Å². The predicted molar refractivity (Wildman–Crippen MR) is 137 cm³/mol. The summed E-state index contributed by atoms with van der Waals surface area (Å²) in [5.74, 6) is -2.16. The molecule has 0 radical (unpaired) electrons. The molecule has 0 saturated carbocycles. The van der Waals surface area contributed by atoms with Crippen LogP contribution in [0.15, 0.2) is 71.4 Å². The minimum atomic E-state index is -2.69. The van der Waals surface area contributed by atoms with Gasteiger partial charge in [-0.05, 0) is 36.6 Å². The number of carbonyl (C=O) groups excluding carboxylic acids is 1. The van der Waals surface area contributed by atoms with Crippen LogP contribution in [0.1, 0.15) is 24.8 Å². The molecular formula is C26H29F2N7O. The van der Waals surface area contributed by atoms with Crippen molar-refractivity contribution in [3.05, 3.63) is 66.8 Å². The van der Waals surface area contributed by atoms with Crippen molar-refractivity contribution in [2.24, 2.45) is 10.2 Å². The molecule has 36 heavy (non-hydrogen) atoms. The third kappa shape index (κ3) is 6.80. The Morgan fingerprint density at radius 3 is 2.83 bits per heavy atom. The number of aromatic nitrogens is 2. The zero-order valence-electron chi connectivity index (χ0n) is 20.1. The third-order valence-corrected chi connectivity index (χ3v) is 5.90. The lowest BCUT2D eigenvalue weighted by atomic mass is 10.1. The molecule has 1 saturated heterocycles. The molecule has 8 nitrogen and oxygen atoms in total. The van der Waals surface area contributed by atoms with Gasteiger partial charge in [0.05, 0.1) is 30.8 Å². The van der Waals surface area contributed by atoms with Crippen LogP contribution in [-0.2, 0) is 11.2 Å². The molecule has 188 valence electrons. The highest BCUT2D eigenvalue weighted by atomic mass is 19.3. The van der Waals surface area contributed by atoms with Crippen LogP contribution < -0.4 is 4.90 Å². The Hall–Kier alpha value is -3.95. The zero-order valence-corrected chi connectivity index (χ0v) is 20.1. The number of anilines is 1. The summed E-state index contributed by atoms with van der Waals surface area (Å²) in [4.78, 5) is 21.3. The molecule has 1 aromatic carbocycles. The van der Waals surface area contributed by atoms with Gasteiger partial charge in [0, 0.05) is 50.6 Å². The van der Waals surface area contributed by atoms with Gasteiger partial charge in [-0.3, -0.25) is 14.8 Å². The van der Waals surface area contributed by atoms with E-state index in [1.807, 2.05) is 43.6 Å². The van der Waals surface area contributed by atoms with E-state index < -0.39 is 5.92 Å². The molecule has 3 heterocycles. The summed E-state index contributed by atoms with van der Waals surface area (Å²) < 4.78 is 28.0. The van der Waals surface area contributed by atoms with Crippen molar-refractivity contribution in [2.45, 2.75) is 37.6 Å². The molecule has 2 aliphatic rings. The van der Waals surface area contributed by atoms with Crippen LogP contribution >= 0.6 is 0 Å². The van der Waals surface area contributed by atoms with Crippen molar-refractivity contribution in [1.29, 1.82) is 0 Å². The second kappa shape index (κ2) is 11.7. The number of allylic oxidation sites excluding steroid dienone is 1. The highest BCUT2D eigenvalue weighted by Gasteiger charge is 2.33. The molecule has 0 aliphatic carbocycles. The highest BCUT2D eigenvalue weighted by molar-refractivity contribution is 5.70. The summed E-state index contributed by atoms with van der Waals surface area (Å²) in [5.41, 5.74) is 2.44. The molecule has 0 N–H and O–H groups in total. The van der Waals surface area contributed by atoms with Crippen LogP contribution in [0.4, 0.5) is 14.5 Å². The standard InChI is InChI=1S/C26H29F2N7O/c1-33-14-9-23(19-32-33)35(13-5-15-36)31-11-8-21-6-4-7-22(16-21)25-29-17-24(18-30-25)34-12-3-2-10-26(27,28)20-34/h4-7,9,11,13-19,23H,2-3,8,10,12,20H2,1H3/b13-5-,31-11+. The monoisotopic (exact) mass is 493 g/mol. The summed E-state index contributed by atoms with van der Waals surface area (Å²) >= 11 is 0. The Morgan fingerprint density at radius 2 is 2.08 bits per heavy atom. The molecule has 1 fully saturated rings. The summed E-state index contributed by atoms with van der Waals surface area (Å²) in [6, 6.07) is 7.59. The molecular weight excluding hydrogens is 464 g/mol. The number of carbonyl (C=O) groups is 1. The molecule has 10 heteroatoms. The molecule has 1 aromatic heterocycles. The second-order valence-corrected chi connectivity index (χ2v) is 8.73. The number of benzene rings is 1. The molecule has 4 rings (SSSR count). The number of aldehydes is 1.